The van der Waals surface area contributed by atoms with Crippen LogP contribution in [0.3, 0.4) is 0 Å². The highest BCUT2D eigenvalue weighted by Gasteiger charge is 1.70. The van der Waals surface area contributed by atoms with Gasteiger partial charge < -0.3 is 5.73 Å². The molecule has 1 rings (SSSR count). The molecule has 0 aliphatic heterocycles. The summed E-state index contributed by atoms with van der Waals surface area (Å²) in [7, 11) is 1.50. The van der Waals surface area contributed by atoms with Crippen LogP contribution in [0.4, 0.5) is 0 Å². The summed E-state index contributed by atoms with van der Waals surface area (Å²) in [5.41, 5.74) is 4.50. The molecule has 0 saturated carbocycles. The maximum Gasteiger partial charge on any atom is -0.0163 e. The highest BCUT2D eigenvalue weighted by molar-refractivity contribution is 5.16. The molecular weight excluding hydrogens is 134 g/mol. The topological polar surface area (TPSA) is 26.0 Å². The van der Waals surface area contributed by atoms with E-state index >= 15 is 0 Å². The zero-order valence-electron chi connectivity index (χ0n) is 7.75. The summed E-state index contributed by atoms with van der Waals surface area (Å²) in [4.78, 5) is 0. The van der Waals surface area contributed by atoms with Crippen LogP contribution in [0.5, 0.6) is 0 Å². The van der Waals surface area contributed by atoms with Crippen molar-refractivity contribution in [2.24, 2.45) is 5.73 Å². The Hall–Kier alpha value is -0.820. The van der Waals surface area contributed by atoms with Gasteiger partial charge in [0, 0.05) is 0 Å². The van der Waals surface area contributed by atoms with Crippen LogP contribution in [-0.4, -0.2) is 7.05 Å². The minimum atomic E-state index is 1.08. The van der Waals surface area contributed by atoms with Crippen molar-refractivity contribution in [1.29, 1.82) is 0 Å². The minimum absolute atomic E-state index is 1.08. The van der Waals surface area contributed by atoms with Gasteiger partial charge in [-0.05, 0) is 13.5 Å². The van der Waals surface area contributed by atoms with Crippen molar-refractivity contribution < 1.29 is 0 Å². The maximum absolute atomic E-state index is 4.50. The van der Waals surface area contributed by atoms with Gasteiger partial charge in [-0.3, -0.25) is 0 Å². The standard InChI is InChI=1S/C7H8.C2H6.CH5N/c1-2-4-6-7-5-3-1;2*1-2/h1-6H,7H2;1-2H3;2H2,1H3. The largest absolute Gasteiger partial charge is 0.333 e. The van der Waals surface area contributed by atoms with Gasteiger partial charge in [-0.25, -0.2) is 0 Å². The molecule has 0 fully saturated rings. The lowest BCUT2D eigenvalue weighted by Gasteiger charge is -1.69. The second kappa shape index (κ2) is 16.1. The summed E-state index contributed by atoms with van der Waals surface area (Å²) in [5, 5.41) is 0. The van der Waals surface area contributed by atoms with E-state index in [1.165, 1.54) is 7.05 Å². The van der Waals surface area contributed by atoms with Crippen molar-refractivity contribution in [1.82, 2.24) is 0 Å². The van der Waals surface area contributed by atoms with Crippen LogP contribution in [0.25, 0.3) is 0 Å². The molecule has 0 amide bonds. The summed E-state index contributed by atoms with van der Waals surface area (Å²) in [6.45, 7) is 4.00. The van der Waals surface area contributed by atoms with Gasteiger partial charge >= 0.3 is 0 Å². The predicted octanol–water partition coefficient (Wildman–Crippen LogP) is 2.66. The zero-order valence-corrected chi connectivity index (χ0v) is 7.75. The maximum atomic E-state index is 4.50. The van der Waals surface area contributed by atoms with Gasteiger partial charge in [-0.15, -0.1) is 0 Å². The molecule has 0 aromatic carbocycles. The quantitative estimate of drug-likeness (QED) is 0.569. The molecule has 0 aromatic rings. The summed E-state index contributed by atoms with van der Waals surface area (Å²) in [6, 6.07) is 0. The number of nitrogens with two attached hydrogens (primary N) is 1. The zero-order chi connectivity index (χ0) is 8.95. The highest BCUT2D eigenvalue weighted by Crippen LogP contribution is 1.91. The van der Waals surface area contributed by atoms with Crippen LogP contribution >= 0.6 is 0 Å². The third kappa shape index (κ3) is 12.4. The van der Waals surface area contributed by atoms with Gasteiger partial charge in [0.1, 0.15) is 0 Å². The molecule has 1 aliphatic carbocycles. The average Bonchev–Trinajstić information content (AvgIpc) is 2.42. The molecule has 11 heavy (non-hydrogen) atoms. The summed E-state index contributed by atoms with van der Waals surface area (Å²) >= 11 is 0. The Kier molecular flexibility index (Phi) is 18.7. The molecule has 0 atom stereocenters. The van der Waals surface area contributed by atoms with Crippen molar-refractivity contribution in [2.45, 2.75) is 20.3 Å². The Morgan fingerprint density at radius 3 is 1.55 bits per heavy atom. The second-order valence-electron chi connectivity index (χ2n) is 1.48. The van der Waals surface area contributed by atoms with Crippen molar-refractivity contribution in [3.63, 3.8) is 0 Å². The molecule has 0 spiro atoms. The lowest BCUT2D eigenvalue weighted by molar-refractivity contribution is 1.41. The highest BCUT2D eigenvalue weighted by atomic mass is 14.4. The third-order valence-corrected chi connectivity index (χ3v) is 0.878. The van der Waals surface area contributed by atoms with E-state index in [0.717, 1.165) is 6.42 Å². The van der Waals surface area contributed by atoms with Gasteiger partial charge in [-0.1, -0.05) is 50.3 Å². The van der Waals surface area contributed by atoms with Gasteiger partial charge in [0.15, 0.2) is 0 Å². The minimum Gasteiger partial charge on any atom is -0.333 e. The van der Waals surface area contributed by atoms with Crippen LogP contribution in [0, 0.1) is 0 Å². The first-order valence-corrected chi connectivity index (χ1v) is 4.06. The Labute approximate surface area is 70.3 Å². The molecule has 1 heteroatoms. The normalized spacial score (nSPS) is 12.0. The fourth-order valence-corrected chi connectivity index (χ4v) is 0.521. The Morgan fingerprint density at radius 2 is 1.18 bits per heavy atom. The predicted molar refractivity (Wildman–Crippen MR) is 53.5 cm³/mol. The van der Waals surface area contributed by atoms with E-state index in [1.807, 2.05) is 26.0 Å². The first-order chi connectivity index (χ1) is 5.50. The summed E-state index contributed by atoms with van der Waals surface area (Å²) in [6.07, 6.45) is 13.5. The van der Waals surface area contributed by atoms with E-state index in [9.17, 15) is 0 Å². The van der Waals surface area contributed by atoms with Crippen molar-refractivity contribution in [3.05, 3.63) is 36.5 Å². The lowest BCUT2D eigenvalue weighted by Crippen LogP contribution is -1.69. The smallest absolute Gasteiger partial charge is 0.0163 e. The van der Waals surface area contributed by atoms with E-state index in [-0.39, 0.29) is 0 Å². The van der Waals surface area contributed by atoms with Crippen molar-refractivity contribution >= 4 is 0 Å². The Bertz CT molecular complexity index is 107. The monoisotopic (exact) mass is 153 g/mol. The number of rotatable bonds is 0. The van der Waals surface area contributed by atoms with Crippen LogP contribution < -0.4 is 5.73 Å². The molecular formula is C10H19N. The molecule has 0 radical (unpaired) electrons. The molecule has 0 saturated heterocycles. The lowest BCUT2D eigenvalue weighted by atomic mass is 10.4. The van der Waals surface area contributed by atoms with E-state index in [4.69, 9.17) is 0 Å². The van der Waals surface area contributed by atoms with E-state index < -0.39 is 0 Å². The SMILES string of the molecule is C1=CC=CCC=C1.CC.CN. The van der Waals surface area contributed by atoms with Crippen LogP contribution in [0.2, 0.25) is 0 Å². The summed E-state index contributed by atoms with van der Waals surface area (Å²) < 4.78 is 0. The molecule has 0 heterocycles. The van der Waals surface area contributed by atoms with Gasteiger partial charge in [-0.2, -0.15) is 0 Å². The fourth-order valence-electron chi connectivity index (χ4n) is 0.521. The average molecular weight is 153 g/mol. The molecule has 0 unspecified atom stereocenters. The Morgan fingerprint density at radius 1 is 0.818 bits per heavy atom. The van der Waals surface area contributed by atoms with Crippen LogP contribution in [0.15, 0.2) is 36.5 Å². The molecule has 2 N–H and O–H groups in total. The molecule has 1 nitrogen and oxygen atoms in total. The third-order valence-electron chi connectivity index (χ3n) is 0.878. The van der Waals surface area contributed by atoms with Gasteiger partial charge in [0.25, 0.3) is 0 Å². The van der Waals surface area contributed by atoms with Crippen LogP contribution in [-0.2, 0) is 0 Å². The number of hydrogen-bond donors (Lipinski definition) is 1. The molecule has 64 valence electrons. The first-order valence-electron chi connectivity index (χ1n) is 4.06. The van der Waals surface area contributed by atoms with E-state index in [1.54, 1.807) is 0 Å². The Balaban J connectivity index is 0. The van der Waals surface area contributed by atoms with E-state index in [2.05, 4.69) is 30.0 Å². The molecule has 0 bridgehead atoms. The van der Waals surface area contributed by atoms with Gasteiger partial charge in [0.2, 0.25) is 0 Å². The number of hydrogen-bond acceptors (Lipinski definition) is 1. The fraction of sp³-hybridized carbons (Fsp3) is 0.400. The van der Waals surface area contributed by atoms with Crippen molar-refractivity contribution in [3.8, 4) is 0 Å². The second-order valence-corrected chi connectivity index (χ2v) is 1.48. The summed E-state index contributed by atoms with van der Waals surface area (Å²) in [5.74, 6) is 0. The van der Waals surface area contributed by atoms with E-state index in [0.29, 0.717) is 0 Å². The molecule has 0 aromatic heterocycles. The number of allylic oxidation sites excluding steroid dienone is 6. The van der Waals surface area contributed by atoms with Crippen molar-refractivity contribution in [2.75, 3.05) is 7.05 Å². The molecule has 1 aliphatic rings. The van der Waals surface area contributed by atoms with Gasteiger partial charge in [0.05, 0.1) is 0 Å². The van der Waals surface area contributed by atoms with Crippen LogP contribution in [0.1, 0.15) is 20.3 Å². The first kappa shape index (κ1) is 12.8.